The van der Waals surface area contributed by atoms with E-state index in [9.17, 15) is 15.0 Å². The molecule has 4 nitrogen and oxygen atoms in total. The van der Waals surface area contributed by atoms with E-state index in [4.69, 9.17) is 0 Å². The Morgan fingerprint density at radius 3 is 2.06 bits per heavy atom. The number of hydrogen-bond donors (Lipinski definition) is 6. The Morgan fingerprint density at radius 2 is 1.67 bits per heavy atom. The molecule has 0 aromatic carbocycles. The molecule has 0 saturated heterocycles. The van der Waals surface area contributed by atoms with Crippen LogP contribution < -0.4 is 0 Å². The van der Waals surface area contributed by atoms with E-state index < -0.39 is 20.1 Å². The average molecular weight is 333 g/mol. The van der Waals surface area contributed by atoms with Crippen LogP contribution in [-0.2, 0) is 9.53 Å². The molecule has 18 heavy (non-hydrogen) atoms. The Labute approximate surface area is 130 Å². The van der Waals surface area contributed by atoms with Crippen molar-refractivity contribution in [2.24, 2.45) is 0 Å². The lowest BCUT2D eigenvalue weighted by Crippen LogP contribution is -2.47. The summed E-state index contributed by atoms with van der Waals surface area (Å²) in [5.41, 5.74) is 0. The first-order valence-corrected chi connectivity index (χ1v) is 7.30. The molecule has 0 spiro atoms. The van der Waals surface area contributed by atoms with Gasteiger partial charge in [-0.15, -0.1) is 25.3 Å². The van der Waals surface area contributed by atoms with Crippen molar-refractivity contribution in [2.45, 2.75) is 53.7 Å². The lowest BCUT2D eigenvalue weighted by Gasteiger charge is -2.34. The van der Waals surface area contributed by atoms with Crippen LogP contribution >= 0.6 is 50.5 Å². The lowest BCUT2D eigenvalue weighted by atomic mass is 10.2. The number of esters is 1. The second kappa shape index (κ2) is 6.99. The molecule has 0 aromatic heterocycles. The SMILES string of the molecule is CCCCCC(O)(O)OC(=O)C(S)(S)C(C)(S)S. The molecular formula is C10H20O4S4. The first kappa shape index (κ1) is 18.8. The van der Waals surface area contributed by atoms with E-state index in [2.05, 4.69) is 55.3 Å². The molecule has 0 rings (SSSR count). The third-order valence-corrected chi connectivity index (χ3v) is 4.94. The minimum atomic E-state index is -2.52. The summed E-state index contributed by atoms with van der Waals surface area (Å²) in [5.74, 6) is -3.53. The normalized spacial score (nSPS) is 13.6. The monoisotopic (exact) mass is 332 g/mol. The maximum Gasteiger partial charge on any atom is 0.338 e. The van der Waals surface area contributed by atoms with Crippen molar-refractivity contribution >= 4 is 56.5 Å². The van der Waals surface area contributed by atoms with Crippen LogP contribution in [0.15, 0.2) is 0 Å². The highest BCUT2D eigenvalue weighted by molar-refractivity contribution is 8.09. The van der Waals surface area contributed by atoms with Crippen molar-refractivity contribution in [1.82, 2.24) is 0 Å². The minimum absolute atomic E-state index is 0.0694. The summed E-state index contributed by atoms with van der Waals surface area (Å²) in [7, 11) is 0. The van der Waals surface area contributed by atoms with Crippen molar-refractivity contribution < 1.29 is 19.7 Å². The molecule has 8 heteroatoms. The van der Waals surface area contributed by atoms with Crippen molar-refractivity contribution in [3.8, 4) is 0 Å². The van der Waals surface area contributed by atoms with E-state index in [1.165, 1.54) is 6.92 Å². The molecular weight excluding hydrogens is 312 g/mol. The van der Waals surface area contributed by atoms with E-state index in [1.54, 1.807) is 0 Å². The molecule has 108 valence electrons. The van der Waals surface area contributed by atoms with Crippen LogP contribution in [0, 0.1) is 0 Å². The Bertz CT molecular complexity index is 286. The molecule has 0 fully saturated rings. The molecule has 0 aliphatic carbocycles. The smallest absolute Gasteiger partial charge is 0.338 e. The van der Waals surface area contributed by atoms with Crippen LogP contribution in [0.25, 0.3) is 0 Å². The lowest BCUT2D eigenvalue weighted by molar-refractivity contribution is -0.322. The zero-order valence-electron chi connectivity index (χ0n) is 10.3. The predicted molar refractivity (Wildman–Crippen MR) is 84.5 cm³/mol. The van der Waals surface area contributed by atoms with Gasteiger partial charge >= 0.3 is 11.9 Å². The third-order valence-electron chi connectivity index (χ3n) is 2.31. The molecule has 0 unspecified atom stereocenters. The highest BCUT2D eigenvalue weighted by Crippen LogP contribution is 2.42. The number of carbonyl (C=O) groups excluding carboxylic acids is 1. The highest BCUT2D eigenvalue weighted by atomic mass is 32.2. The zero-order valence-corrected chi connectivity index (χ0v) is 13.9. The standard InChI is InChI=1S/C10H20O4S4/c1-3-4-5-6-9(12,13)14-7(11)10(17,18)8(2,15)16/h12-13,15-18H,3-6H2,1-2H3. The van der Waals surface area contributed by atoms with Gasteiger partial charge in [0.15, 0.2) is 4.08 Å². The molecule has 0 bridgehead atoms. The predicted octanol–water partition coefficient (Wildman–Crippen LogP) is 1.88. The molecule has 0 heterocycles. The maximum atomic E-state index is 11.8. The number of carbonyl (C=O) groups is 1. The van der Waals surface area contributed by atoms with E-state index in [0.29, 0.717) is 6.42 Å². The summed E-state index contributed by atoms with van der Waals surface area (Å²) >= 11 is 16.1. The molecule has 0 amide bonds. The summed E-state index contributed by atoms with van der Waals surface area (Å²) in [4.78, 5) is 11.8. The van der Waals surface area contributed by atoms with Crippen molar-refractivity contribution in [1.29, 1.82) is 0 Å². The van der Waals surface area contributed by atoms with E-state index >= 15 is 0 Å². The Kier molecular flexibility index (Phi) is 7.29. The third kappa shape index (κ3) is 5.83. The van der Waals surface area contributed by atoms with Crippen LogP contribution in [0.1, 0.15) is 39.5 Å². The van der Waals surface area contributed by atoms with Gasteiger partial charge < -0.3 is 14.9 Å². The number of rotatable bonds is 7. The molecule has 0 aliphatic rings. The van der Waals surface area contributed by atoms with Gasteiger partial charge in [0.1, 0.15) is 0 Å². The van der Waals surface area contributed by atoms with Gasteiger partial charge in [-0.2, -0.15) is 25.3 Å². The number of thiol groups is 4. The number of aliphatic hydroxyl groups is 2. The minimum Gasteiger partial charge on any atom is -0.406 e. The number of ether oxygens (including phenoxy) is 1. The first-order valence-electron chi connectivity index (χ1n) is 5.51. The second-order valence-electron chi connectivity index (χ2n) is 4.28. The van der Waals surface area contributed by atoms with Crippen molar-refractivity contribution in [3.05, 3.63) is 0 Å². The van der Waals surface area contributed by atoms with E-state index in [-0.39, 0.29) is 6.42 Å². The fourth-order valence-electron chi connectivity index (χ4n) is 1.07. The number of unbranched alkanes of at least 4 members (excludes halogenated alkanes) is 2. The van der Waals surface area contributed by atoms with E-state index in [0.717, 1.165) is 12.8 Å². The Hall–Kier alpha value is 0.790. The van der Waals surface area contributed by atoms with Crippen molar-refractivity contribution in [3.63, 3.8) is 0 Å². The van der Waals surface area contributed by atoms with E-state index in [1.807, 2.05) is 6.92 Å². The zero-order chi connectivity index (χ0) is 14.6. The summed E-state index contributed by atoms with van der Waals surface area (Å²) in [6, 6.07) is 0. The molecule has 2 N–H and O–H groups in total. The van der Waals surface area contributed by atoms with Crippen LogP contribution in [0.5, 0.6) is 0 Å². The van der Waals surface area contributed by atoms with Gasteiger partial charge in [-0.25, -0.2) is 4.79 Å². The second-order valence-corrected chi connectivity index (χ2v) is 8.12. The van der Waals surface area contributed by atoms with Crippen molar-refractivity contribution in [2.75, 3.05) is 0 Å². The Morgan fingerprint density at radius 1 is 1.17 bits per heavy atom. The highest BCUT2D eigenvalue weighted by Gasteiger charge is 2.48. The van der Waals surface area contributed by atoms with Gasteiger partial charge in [0.25, 0.3) is 0 Å². The van der Waals surface area contributed by atoms with Gasteiger partial charge in [-0.05, 0) is 13.3 Å². The van der Waals surface area contributed by atoms with Crippen LogP contribution in [-0.4, -0.2) is 30.3 Å². The average Bonchev–Trinajstić information content (AvgIpc) is 2.15. The van der Waals surface area contributed by atoms with Crippen LogP contribution in [0.4, 0.5) is 0 Å². The van der Waals surface area contributed by atoms with Crippen LogP contribution in [0.3, 0.4) is 0 Å². The topological polar surface area (TPSA) is 66.8 Å². The quantitative estimate of drug-likeness (QED) is 0.186. The largest absolute Gasteiger partial charge is 0.406 e. The molecule has 0 radical (unpaired) electrons. The first-order chi connectivity index (χ1) is 7.94. The molecule has 0 aromatic rings. The number of hydrogen-bond acceptors (Lipinski definition) is 8. The summed E-state index contributed by atoms with van der Waals surface area (Å²) in [6.07, 6.45) is 2.19. The van der Waals surface area contributed by atoms with Gasteiger partial charge in [0, 0.05) is 6.42 Å². The molecule has 0 aliphatic heterocycles. The molecule has 0 saturated carbocycles. The van der Waals surface area contributed by atoms with Gasteiger partial charge in [0.2, 0.25) is 0 Å². The maximum absolute atomic E-state index is 11.8. The summed E-state index contributed by atoms with van der Waals surface area (Å²) < 4.78 is 1.73. The van der Waals surface area contributed by atoms with Gasteiger partial charge in [-0.3, -0.25) is 0 Å². The fourth-order valence-corrected chi connectivity index (χ4v) is 1.34. The summed E-state index contributed by atoms with van der Waals surface area (Å²) in [5, 5.41) is 19.1. The van der Waals surface area contributed by atoms with Crippen LogP contribution in [0.2, 0.25) is 0 Å². The van der Waals surface area contributed by atoms with Gasteiger partial charge in [-0.1, -0.05) is 19.8 Å². The fraction of sp³-hybridized carbons (Fsp3) is 0.900. The summed E-state index contributed by atoms with van der Waals surface area (Å²) in [6.45, 7) is 3.47. The van der Waals surface area contributed by atoms with Gasteiger partial charge in [0.05, 0.1) is 4.08 Å². The molecule has 0 atom stereocenters. The Balaban J connectivity index is 4.55.